The molecular weight excluding hydrogens is 454 g/mol. The molecule has 4 atom stereocenters. The first-order valence-corrected chi connectivity index (χ1v) is 13.3. The van der Waals surface area contributed by atoms with Crippen LogP contribution >= 0.6 is 0 Å². The van der Waals surface area contributed by atoms with Crippen LogP contribution in [0.25, 0.3) is 0 Å². The molecule has 1 saturated carbocycles. The van der Waals surface area contributed by atoms with Gasteiger partial charge in [0.05, 0.1) is 26.4 Å². The molecule has 1 N–H and O–H groups in total. The van der Waals surface area contributed by atoms with E-state index in [4.69, 9.17) is 9.47 Å². The summed E-state index contributed by atoms with van der Waals surface area (Å²) in [6.45, 7) is 3.50. The molecule has 4 unspecified atom stereocenters. The summed E-state index contributed by atoms with van der Waals surface area (Å²) < 4.78 is 10.9. The second-order valence-electron chi connectivity index (χ2n) is 10.1. The van der Waals surface area contributed by atoms with Crippen LogP contribution in [0.3, 0.4) is 0 Å². The molecule has 0 bridgehead atoms. The molecule has 2 aliphatic heterocycles. The molecule has 7 nitrogen and oxygen atoms in total. The van der Waals surface area contributed by atoms with Gasteiger partial charge in [-0.2, -0.15) is 0 Å². The number of nitrogens with one attached hydrogen (secondary N) is 1. The largest absolute Gasteiger partial charge is 0.497 e. The zero-order valence-electron chi connectivity index (χ0n) is 21.1. The number of carbonyl (C=O) groups is 2. The van der Waals surface area contributed by atoms with Gasteiger partial charge in [-0.25, -0.2) is 0 Å². The molecule has 5 rings (SSSR count). The van der Waals surface area contributed by atoms with Crippen LogP contribution in [0.5, 0.6) is 5.75 Å². The van der Waals surface area contributed by atoms with Crippen molar-refractivity contribution >= 4 is 11.8 Å². The summed E-state index contributed by atoms with van der Waals surface area (Å²) in [7, 11) is 1.66. The van der Waals surface area contributed by atoms with Gasteiger partial charge < -0.3 is 19.7 Å². The van der Waals surface area contributed by atoms with Gasteiger partial charge in [0.1, 0.15) is 11.8 Å². The maximum absolute atomic E-state index is 13.7. The topological polar surface area (TPSA) is 71.1 Å². The normalized spacial score (nSPS) is 25.1. The fourth-order valence-corrected chi connectivity index (χ4v) is 6.20. The first kappa shape index (κ1) is 24.8. The molecule has 2 heterocycles. The van der Waals surface area contributed by atoms with Crippen LogP contribution in [0.4, 0.5) is 0 Å². The molecule has 2 aromatic carbocycles. The molecule has 0 radical (unpaired) electrons. The predicted molar refractivity (Wildman–Crippen MR) is 138 cm³/mol. The molecule has 36 heavy (non-hydrogen) atoms. The lowest BCUT2D eigenvalue weighted by atomic mass is 9.84. The molecule has 7 heteroatoms. The number of likely N-dealkylation sites (tertiary alicyclic amines) is 1. The van der Waals surface area contributed by atoms with Gasteiger partial charge in [-0.05, 0) is 55.0 Å². The van der Waals surface area contributed by atoms with Crippen LogP contribution in [0.2, 0.25) is 0 Å². The zero-order chi connectivity index (χ0) is 24.9. The number of fused-ring (bicyclic) bond motifs is 1. The maximum Gasteiger partial charge on any atom is 0.254 e. The van der Waals surface area contributed by atoms with E-state index in [0.717, 1.165) is 50.1 Å². The molecule has 0 aromatic heterocycles. The lowest BCUT2D eigenvalue weighted by Gasteiger charge is -2.36. The number of amides is 2. The predicted octanol–water partition coefficient (Wildman–Crippen LogP) is 3.66. The second kappa shape index (κ2) is 11.4. The third-order valence-corrected chi connectivity index (χ3v) is 8.10. The third kappa shape index (κ3) is 5.27. The number of methoxy groups -OCH3 is 1. The Labute approximate surface area is 213 Å². The summed E-state index contributed by atoms with van der Waals surface area (Å²) in [4.78, 5) is 31.6. The van der Waals surface area contributed by atoms with Gasteiger partial charge in [-0.1, -0.05) is 43.2 Å². The van der Waals surface area contributed by atoms with Gasteiger partial charge in [0.2, 0.25) is 5.91 Å². The van der Waals surface area contributed by atoms with Crippen molar-refractivity contribution in [2.75, 3.05) is 40.0 Å². The Hall–Kier alpha value is -2.90. The van der Waals surface area contributed by atoms with Crippen LogP contribution in [-0.2, 0) is 9.53 Å². The van der Waals surface area contributed by atoms with Gasteiger partial charge in [0.25, 0.3) is 5.91 Å². The second-order valence-corrected chi connectivity index (χ2v) is 10.1. The van der Waals surface area contributed by atoms with Gasteiger partial charge >= 0.3 is 0 Å². The number of nitrogens with zero attached hydrogens (tertiary/aromatic N) is 2. The summed E-state index contributed by atoms with van der Waals surface area (Å²) in [5.41, 5.74) is 1.79. The van der Waals surface area contributed by atoms with E-state index < -0.39 is 6.04 Å². The van der Waals surface area contributed by atoms with Crippen molar-refractivity contribution < 1.29 is 19.1 Å². The molecule has 3 aliphatic rings. The highest BCUT2D eigenvalue weighted by atomic mass is 16.5. The van der Waals surface area contributed by atoms with E-state index in [-0.39, 0.29) is 23.9 Å². The maximum atomic E-state index is 13.7. The summed E-state index contributed by atoms with van der Waals surface area (Å²) in [6.07, 6.45) is 5.12. The van der Waals surface area contributed by atoms with E-state index in [1.165, 1.54) is 6.42 Å². The Morgan fingerprint density at radius 1 is 1.03 bits per heavy atom. The number of benzene rings is 2. The van der Waals surface area contributed by atoms with Crippen molar-refractivity contribution in [1.82, 2.24) is 15.1 Å². The minimum Gasteiger partial charge on any atom is -0.497 e. The quantitative estimate of drug-likeness (QED) is 0.640. The summed E-state index contributed by atoms with van der Waals surface area (Å²) in [5, 5.41) is 3.25. The minimum absolute atomic E-state index is 0.0231. The molecule has 0 spiro atoms. The van der Waals surface area contributed by atoms with Gasteiger partial charge in [-0.3, -0.25) is 14.5 Å². The fourth-order valence-electron chi connectivity index (χ4n) is 6.20. The van der Waals surface area contributed by atoms with Crippen molar-refractivity contribution in [2.45, 2.75) is 50.2 Å². The highest BCUT2D eigenvalue weighted by molar-refractivity contribution is 5.98. The molecule has 1 aliphatic carbocycles. The Morgan fingerprint density at radius 3 is 2.47 bits per heavy atom. The van der Waals surface area contributed by atoms with Crippen molar-refractivity contribution in [3.05, 3.63) is 65.7 Å². The number of carbonyl (C=O) groups excluding carboxylic acids is 2. The molecular formula is C29H37N3O4. The fraction of sp³-hybridized carbons (Fsp3) is 0.517. The average Bonchev–Trinajstić information content (AvgIpc) is 3.34. The van der Waals surface area contributed by atoms with Crippen LogP contribution in [-0.4, -0.2) is 73.7 Å². The van der Waals surface area contributed by atoms with Crippen LogP contribution in [0, 0.1) is 5.92 Å². The third-order valence-electron chi connectivity index (χ3n) is 8.10. The van der Waals surface area contributed by atoms with Crippen molar-refractivity contribution in [1.29, 1.82) is 0 Å². The number of morpholine rings is 1. The lowest BCUT2D eigenvalue weighted by molar-refractivity contribution is -0.125. The Morgan fingerprint density at radius 2 is 1.75 bits per heavy atom. The van der Waals surface area contributed by atoms with Gasteiger partial charge in [0, 0.05) is 31.2 Å². The molecule has 192 valence electrons. The Kier molecular flexibility index (Phi) is 7.87. The van der Waals surface area contributed by atoms with Crippen LogP contribution in [0.15, 0.2) is 54.6 Å². The first-order chi connectivity index (χ1) is 17.7. The summed E-state index contributed by atoms with van der Waals surface area (Å²) in [5.74, 6) is 1.15. The van der Waals surface area contributed by atoms with E-state index in [1.54, 1.807) is 7.11 Å². The standard InChI is InChI=1S/C29H37N3O4/c1-35-24-13-11-21(12-14-24)27(31-15-17-36-18-16-31)20-30-28(33)26-19-23-9-5-6-10-25(23)32(26)29(34)22-7-3-2-4-8-22/h2-4,7-8,11-14,23,25-27H,5-6,9-10,15-20H2,1H3,(H,30,33). The van der Waals surface area contributed by atoms with Crippen molar-refractivity contribution in [3.8, 4) is 5.75 Å². The van der Waals surface area contributed by atoms with E-state index in [1.807, 2.05) is 47.4 Å². The van der Waals surface area contributed by atoms with E-state index in [0.29, 0.717) is 31.2 Å². The smallest absolute Gasteiger partial charge is 0.254 e. The van der Waals surface area contributed by atoms with Crippen LogP contribution < -0.4 is 10.1 Å². The van der Waals surface area contributed by atoms with E-state index in [2.05, 4.69) is 22.3 Å². The van der Waals surface area contributed by atoms with Crippen molar-refractivity contribution in [3.63, 3.8) is 0 Å². The molecule has 2 saturated heterocycles. The number of hydrogen-bond acceptors (Lipinski definition) is 5. The van der Waals surface area contributed by atoms with Gasteiger partial charge in [-0.15, -0.1) is 0 Å². The van der Waals surface area contributed by atoms with E-state index >= 15 is 0 Å². The average molecular weight is 492 g/mol. The summed E-state index contributed by atoms with van der Waals surface area (Å²) in [6, 6.07) is 17.2. The van der Waals surface area contributed by atoms with E-state index in [9.17, 15) is 9.59 Å². The number of hydrogen-bond donors (Lipinski definition) is 1. The number of rotatable bonds is 7. The lowest BCUT2D eigenvalue weighted by Crippen LogP contribution is -2.51. The Bertz CT molecular complexity index is 1020. The highest BCUT2D eigenvalue weighted by Gasteiger charge is 2.47. The molecule has 2 aromatic rings. The van der Waals surface area contributed by atoms with Crippen LogP contribution in [0.1, 0.15) is 54.1 Å². The SMILES string of the molecule is COc1ccc(C(CNC(=O)C2CC3CCCCC3N2C(=O)c2ccccc2)N2CCOCC2)cc1. The summed E-state index contributed by atoms with van der Waals surface area (Å²) >= 11 is 0. The number of ether oxygens (including phenoxy) is 2. The van der Waals surface area contributed by atoms with Crippen molar-refractivity contribution in [2.24, 2.45) is 5.92 Å². The molecule has 2 amide bonds. The van der Waals surface area contributed by atoms with Gasteiger partial charge in [0.15, 0.2) is 0 Å². The monoisotopic (exact) mass is 491 g/mol. The molecule has 3 fully saturated rings. The minimum atomic E-state index is -0.424. The Balaban J connectivity index is 1.34. The first-order valence-electron chi connectivity index (χ1n) is 13.3. The zero-order valence-corrected chi connectivity index (χ0v) is 21.1. The highest BCUT2D eigenvalue weighted by Crippen LogP contribution is 2.40.